The molecule has 0 radical (unpaired) electrons. The lowest BCUT2D eigenvalue weighted by molar-refractivity contribution is 0.768. The van der Waals surface area contributed by atoms with Gasteiger partial charge in [0.05, 0.1) is 5.41 Å². The highest BCUT2D eigenvalue weighted by Crippen LogP contribution is 2.58. The molecule has 0 amide bonds. The van der Waals surface area contributed by atoms with Gasteiger partial charge >= 0.3 is 0 Å². The molecule has 1 aliphatic carbocycles. The molecule has 0 atom stereocenters. The molecule has 67 heavy (non-hydrogen) atoms. The van der Waals surface area contributed by atoms with Crippen molar-refractivity contribution in [2.24, 2.45) is 0 Å². The topological polar surface area (TPSA) is 38.7 Å². The largest absolute Gasteiger partial charge is 0.208 e. The van der Waals surface area contributed by atoms with Gasteiger partial charge in [0, 0.05) is 16.7 Å². The van der Waals surface area contributed by atoms with E-state index in [1.807, 2.05) is 18.2 Å². The van der Waals surface area contributed by atoms with Crippen LogP contribution < -0.4 is 0 Å². The van der Waals surface area contributed by atoms with E-state index in [1.54, 1.807) is 0 Å². The third-order valence-corrected chi connectivity index (χ3v) is 13.2. The number of fused-ring (bicyclic) bond motifs is 3. The fourth-order valence-corrected chi connectivity index (χ4v) is 10.1. The Morgan fingerprint density at radius 3 is 1.16 bits per heavy atom. The summed E-state index contributed by atoms with van der Waals surface area (Å²) in [5.74, 6) is 1.86. The maximum Gasteiger partial charge on any atom is 0.164 e. The van der Waals surface area contributed by atoms with Gasteiger partial charge in [0.15, 0.2) is 17.5 Å². The minimum atomic E-state index is -0.468. The van der Waals surface area contributed by atoms with Crippen LogP contribution in [-0.2, 0) is 5.41 Å². The molecule has 0 unspecified atom stereocenters. The molecule has 0 fully saturated rings. The van der Waals surface area contributed by atoms with Crippen LogP contribution in [0.25, 0.3) is 89.8 Å². The molecule has 0 N–H and O–H groups in total. The van der Waals surface area contributed by atoms with Crippen LogP contribution in [0.2, 0.25) is 0 Å². The van der Waals surface area contributed by atoms with Crippen molar-refractivity contribution in [3.63, 3.8) is 0 Å². The van der Waals surface area contributed by atoms with Gasteiger partial charge in [-0.1, -0.05) is 231 Å². The third kappa shape index (κ3) is 7.15. The van der Waals surface area contributed by atoms with Crippen LogP contribution in [0.3, 0.4) is 0 Å². The molecule has 0 spiro atoms. The van der Waals surface area contributed by atoms with Crippen molar-refractivity contribution in [1.29, 1.82) is 0 Å². The molecule has 1 heterocycles. The lowest BCUT2D eigenvalue weighted by atomic mass is 9.67. The summed E-state index contributed by atoms with van der Waals surface area (Å²) in [7, 11) is 0. The molecular formula is C64H43N3. The van der Waals surface area contributed by atoms with Gasteiger partial charge in [-0.3, -0.25) is 0 Å². The monoisotopic (exact) mass is 853 g/mol. The van der Waals surface area contributed by atoms with Crippen LogP contribution >= 0.6 is 0 Å². The Kier molecular flexibility index (Phi) is 10.1. The zero-order chi connectivity index (χ0) is 44.6. The molecule has 3 nitrogen and oxygen atoms in total. The summed E-state index contributed by atoms with van der Waals surface area (Å²) in [5, 5.41) is 0. The van der Waals surface area contributed by atoms with Crippen molar-refractivity contribution >= 4 is 0 Å². The highest BCUT2D eigenvalue weighted by Gasteiger charge is 2.46. The van der Waals surface area contributed by atoms with Crippen LogP contribution in [0.15, 0.2) is 261 Å². The van der Waals surface area contributed by atoms with Gasteiger partial charge in [-0.2, -0.15) is 0 Å². The van der Waals surface area contributed by atoms with Crippen LogP contribution in [-0.4, -0.2) is 15.0 Å². The van der Waals surface area contributed by atoms with E-state index in [-0.39, 0.29) is 0 Å². The van der Waals surface area contributed by atoms with E-state index in [1.165, 1.54) is 38.9 Å². The third-order valence-electron chi connectivity index (χ3n) is 13.2. The van der Waals surface area contributed by atoms with E-state index in [9.17, 15) is 0 Å². The standard InChI is InChI=1S/C64H43N3/c1-6-21-44(22-7-1)51-41-52(45-23-8-2-9-24-45)43-53(42-51)63-66-61(46-25-10-3-11-26-46)65-62(67-63)50-30-19-28-48(40-50)47-27-18-29-49(39-47)56-36-20-38-59-60(56)57-35-16-17-37-58(57)64(59,54-31-12-4-13-32-54)55-33-14-5-15-34-55/h1-43H. The van der Waals surface area contributed by atoms with E-state index >= 15 is 0 Å². The van der Waals surface area contributed by atoms with E-state index in [4.69, 9.17) is 15.0 Å². The predicted molar refractivity (Wildman–Crippen MR) is 275 cm³/mol. The van der Waals surface area contributed by atoms with Crippen molar-refractivity contribution in [1.82, 2.24) is 15.0 Å². The Bertz CT molecular complexity index is 3450. The van der Waals surface area contributed by atoms with Crippen molar-refractivity contribution in [3.8, 4) is 89.8 Å². The van der Waals surface area contributed by atoms with Gasteiger partial charge in [0.2, 0.25) is 0 Å². The Balaban J connectivity index is 0.984. The molecule has 12 rings (SSSR count). The molecule has 3 heteroatoms. The molecule has 11 aromatic rings. The molecule has 314 valence electrons. The molecule has 0 bridgehead atoms. The number of rotatable bonds is 9. The van der Waals surface area contributed by atoms with Crippen molar-refractivity contribution in [3.05, 3.63) is 283 Å². The van der Waals surface area contributed by atoms with Crippen molar-refractivity contribution in [2.45, 2.75) is 5.41 Å². The van der Waals surface area contributed by atoms with Crippen molar-refractivity contribution < 1.29 is 0 Å². The minimum absolute atomic E-state index is 0.468. The number of hydrogen-bond acceptors (Lipinski definition) is 3. The van der Waals surface area contributed by atoms with Crippen LogP contribution in [0.1, 0.15) is 22.3 Å². The fraction of sp³-hybridized carbons (Fsp3) is 0.0156. The second-order valence-electron chi connectivity index (χ2n) is 17.1. The summed E-state index contributed by atoms with van der Waals surface area (Å²) in [6.45, 7) is 0. The maximum absolute atomic E-state index is 5.27. The van der Waals surface area contributed by atoms with Gasteiger partial charge in [-0.15, -0.1) is 0 Å². The van der Waals surface area contributed by atoms with Gasteiger partial charge in [-0.05, 0) is 108 Å². The van der Waals surface area contributed by atoms with Gasteiger partial charge in [0.25, 0.3) is 0 Å². The number of hydrogen-bond donors (Lipinski definition) is 0. The highest BCUT2D eigenvalue weighted by molar-refractivity contribution is 5.96. The van der Waals surface area contributed by atoms with E-state index < -0.39 is 5.41 Å². The molecule has 1 aliphatic rings. The summed E-state index contributed by atoms with van der Waals surface area (Å²) >= 11 is 0. The molecule has 0 saturated carbocycles. The fourth-order valence-electron chi connectivity index (χ4n) is 10.1. The summed E-state index contributed by atoms with van der Waals surface area (Å²) in [6, 6.07) is 93.2. The van der Waals surface area contributed by atoms with E-state index in [0.29, 0.717) is 17.5 Å². The first-order chi connectivity index (χ1) is 33.2. The first kappa shape index (κ1) is 39.8. The second-order valence-corrected chi connectivity index (χ2v) is 17.1. The lowest BCUT2D eigenvalue weighted by Gasteiger charge is -2.34. The number of benzene rings is 10. The van der Waals surface area contributed by atoms with Gasteiger partial charge in [0.1, 0.15) is 0 Å². The average molecular weight is 854 g/mol. The van der Waals surface area contributed by atoms with Gasteiger partial charge in [-0.25, -0.2) is 15.0 Å². The average Bonchev–Trinajstić information content (AvgIpc) is 3.73. The maximum atomic E-state index is 5.27. The molecule has 1 aromatic heterocycles. The number of nitrogens with zero attached hydrogens (tertiary/aromatic N) is 3. The highest BCUT2D eigenvalue weighted by atomic mass is 15.0. The summed E-state index contributed by atoms with van der Waals surface area (Å²) in [4.78, 5) is 15.6. The van der Waals surface area contributed by atoms with Crippen molar-refractivity contribution in [2.75, 3.05) is 0 Å². The first-order valence-corrected chi connectivity index (χ1v) is 22.8. The molecule has 0 aliphatic heterocycles. The Labute approximate surface area is 391 Å². The summed E-state index contributed by atoms with van der Waals surface area (Å²) in [5.41, 5.74) is 19.0. The molecule has 0 saturated heterocycles. The Morgan fingerprint density at radius 1 is 0.224 bits per heavy atom. The Morgan fingerprint density at radius 2 is 0.582 bits per heavy atom. The second kappa shape index (κ2) is 17.0. The SMILES string of the molecule is c1ccc(-c2cc(-c3ccccc3)cc(-c3nc(-c4ccccc4)nc(-c4cccc(-c5cccc(-c6cccc7c6-c6ccccc6C7(c6ccccc6)c6ccccc6)c5)c4)n3)c2)cc1. The Hall–Kier alpha value is -8.79. The van der Waals surface area contributed by atoms with E-state index in [2.05, 4.69) is 243 Å². The smallest absolute Gasteiger partial charge is 0.164 e. The molecular weight excluding hydrogens is 811 g/mol. The first-order valence-electron chi connectivity index (χ1n) is 22.8. The van der Waals surface area contributed by atoms with Gasteiger partial charge < -0.3 is 0 Å². The summed E-state index contributed by atoms with van der Waals surface area (Å²) in [6.07, 6.45) is 0. The summed E-state index contributed by atoms with van der Waals surface area (Å²) < 4.78 is 0. The number of aromatic nitrogens is 3. The minimum Gasteiger partial charge on any atom is -0.208 e. The molecule has 10 aromatic carbocycles. The van der Waals surface area contributed by atoms with Crippen LogP contribution in [0.4, 0.5) is 0 Å². The van der Waals surface area contributed by atoms with E-state index in [0.717, 1.165) is 55.6 Å². The zero-order valence-electron chi connectivity index (χ0n) is 36.7. The van der Waals surface area contributed by atoms with Crippen LogP contribution in [0.5, 0.6) is 0 Å². The normalized spacial score (nSPS) is 12.3. The lowest BCUT2D eigenvalue weighted by Crippen LogP contribution is -2.28. The van der Waals surface area contributed by atoms with Crippen LogP contribution in [0, 0.1) is 0 Å². The zero-order valence-corrected chi connectivity index (χ0v) is 36.7. The predicted octanol–water partition coefficient (Wildman–Crippen LogP) is 15.9. The quantitative estimate of drug-likeness (QED) is 0.145.